The summed E-state index contributed by atoms with van der Waals surface area (Å²) < 4.78 is 13.7. The highest BCUT2D eigenvalue weighted by atomic mass is 127. The molecule has 0 aromatic heterocycles. The van der Waals surface area contributed by atoms with E-state index in [4.69, 9.17) is 6.11 Å². The first-order valence-corrected chi connectivity index (χ1v) is 7.48. The second kappa shape index (κ2) is 7.11. The van der Waals surface area contributed by atoms with Gasteiger partial charge in [0.1, 0.15) is 11.6 Å². The Bertz CT molecular complexity index is 527. The maximum atomic E-state index is 12.1. The van der Waals surface area contributed by atoms with E-state index in [9.17, 15) is 14.7 Å². The lowest BCUT2D eigenvalue weighted by Crippen LogP contribution is -2.46. The Morgan fingerprint density at radius 2 is 1.95 bits per heavy atom. The first kappa shape index (κ1) is 16.1. The van der Waals surface area contributed by atoms with Gasteiger partial charge in [0.2, 0.25) is 0 Å². The Hall–Kier alpha value is -1.31. The molecule has 6 heteroatoms. The summed E-state index contributed by atoms with van der Waals surface area (Å²) in [7, 11) is -0.476. The van der Waals surface area contributed by atoms with Gasteiger partial charge in [-0.1, -0.05) is 12.1 Å². The van der Waals surface area contributed by atoms with E-state index in [-0.39, 0.29) is 6.42 Å². The summed E-state index contributed by atoms with van der Waals surface area (Å²) in [5.74, 6) is -1.16. The zero-order valence-corrected chi connectivity index (χ0v) is 14.5. The molecule has 0 bridgehead atoms. The number of hydrogen-bond donors (Lipinski definition) is 1. The fourth-order valence-electron chi connectivity index (χ4n) is 1.62. The highest BCUT2D eigenvalue weighted by molar-refractivity contribution is 14.1. The van der Waals surface area contributed by atoms with Crippen molar-refractivity contribution < 1.29 is 20.8 Å². The zero-order chi connectivity index (χ0) is 16.9. The Morgan fingerprint density at radius 1 is 1.38 bits per heavy atom. The first-order chi connectivity index (χ1) is 10.1. The van der Waals surface area contributed by atoms with Crippen molar-refractivity contribution in [2.24, 2.45) is 0 Å². The van der Waals surface area contributed by atoms with Gasteiger partial charge in [0.25, 0.3) is 0 Å². The van der Waals surface area contributed by atoms with Crippen LogP contribution in [0.15, 0.2) is 24.3 Å². The first-order valence-electron chi connectivity index (χ1n) is 7.11. The topological polar surface area (TPSA) is 66.8 Å². The van der Waals surface area contributed by atoms with E-state index in [1.165, 1.54) is 0 Å². The number of carboxylic acid groups (broad SMARTS) is 1. The summed E-state index contributed by atoms with van der Waals surface area (Å²) in [4.78, 5) is 24.5. The molecular weight excluding hydrogens is 385 g/mol. The van der Waals surface area contributed by atoms with Crippen molar-refractivity contribution in [2.45, 2.75) is 38.8 Å². The van der Waals surface area contributed by atoms with E-state index in [1.54, 1.807) is 20.8 Å². The number of carboxylic acids is 1. The Labute approximate surface area is 139 Å². The van der Waals surface area contributed by atoms with Crippen LogP contribution >= 0.6 is 22.6 Å². The predicted molar refractivity (Wildman–Crippen MR) is 88.3 cm³/mol. The van der Waals surface area contributed by atoms with Crippen LogP contribution in [-0.4, -0.2) is 40.7 Å². The quantitative estimate of drug-likeness (QED) is 0.781. The van der Waals surface area contributed by atoms with Crippen LogP contribution in [0.4, 0.5) is 4.79 Å². The highest BCUT2D eigenvalue weighted by Gasteiger charge is 2.30. The van der Waals surface area contributed by atoms with E-state index < -0.39 is 30.7 Å². The fraction of sp³-hybridized carbons (Fsp3) is 0.467. The van der Waals surface area contributed by atoms with Crippen LogP contribution in [0.3, 0.4) is 0 Å². The molecule has 0 heterocycles. The van der Waals surface area contributed by atoms with Gasteiger partial charge in [0.05, 0.1) is 0 Å². The number of halogens is 1. The normalized spacial score (nSPS) is 13.2. The summed E-state index contributed by atoms with van der Waals surface area (Å²) in [6.45, 7) is 5.09. The molecule has 1 amide bonds. The minimum atomic E-state index is -1.16. The van der Waals surface area contributed by atoms with Crippen molar-refractivity contribution in [2.75, 3.05) is 7.02 Å². The lowest BCUT2D eigenvalue weighted by atomic mass is 10.1. The molecular formula is C15H20INO4. The van der Waals surface area contributed by atoms with Crippen LogP contribution in [-0.2, 0) is 16.0 Å². The van der Waals surface area contributed by atoms with Crippen molar-refractivity contribution >= 4 is 34.7 Å². The van der Waals surface area contributed by atoms with Crippen molar-refractivity contribution in [1.29, 1.82) is 0 Å². The molecule has 0 aliphatic heterocycles. The summed E-state index contributed by atoms with van der Waals surface area (Å²) in [5, 5.41) is 9.40. The molecule has 5 nitrogen and oxygen atoms in total. The average molecular weight is 406 g/mol. The Kier molecular flexibility index (Phi) is 5.44. The molecule has 21 heavy (non-hydrogen) atoms. The van der Waals surface area contributed by atoms with Crippen LogP contribution < -0.4 is 0 Å². The van der Waals surface area contributed by atoms with E-state index in [2.05, 4.69) is 22.6 Å². The zero-order valence-electron chi connectivity index (χ0n) is 13.3. The van der Waals surface area contributed by atoms with Gasteiger partial charge in [-0.3, -0.25) is 4.90 Å². The molecule has 1 rings (SSSR count). The Balaban J connectivity index is 2.93. The number of amides is 1. The molecule has 0 saturated heterocycles. The lowest BCUT2D eigenvalue weighted by molar-refractivity contribution is -0.142. The number of benzene rings is 1. The van der Waals surface area contributed by atoms with Gasteiger partial charge in [-0.05, 0) is 61.1 Å². The van der Waals surface area contributed by atoms with Gasteiger partial charge >= 0.3 is 12.1 Å². The van der Waals surface area contributed by atoms with E-state index in [0.29, 0.717) is 0 Å². The van der Waals surface area contributed by atoms with Crippen LogP contribution in [0, 0.1) is 3.57 Å². The number of nitrogens with zero attached hydrogens (tertiary/aromatic N) is 1. The number of aliphatic carboxylic acids is 1. The number of hydrogen-bond acceptors (Lipinski definition) is 3. The number of likely N-dealkylation sites (N-methyl/N-ethyl adjacent to an activating group) is 1. The van der Waals surface area contributed by atoms with E-state index in [1.807, 2.05) is 24.3 Å². The third-order valence-electron chi connectivity index (χ3n) is 2.63. The van der Waals surface area contributed by atoms with E-state index in [0.717, 1.165) is 14.0 Å². The van der Waals surface area contributed by atoms with Crippen molar-refractivity contribution in [1.82, 2.24) is 4.90 Å². The number of carbonyl (C=O) groups is 2. The molecule has 0 fully saturated rings. The Morgan fingerprint density at radius 3 is 2.38 bits per heavy atom. The summed E-state index contributed by atoms with van der Waals surface area (Å²) >= 11 is 2.16. The van der Waals surface area contributed by atoms with Gasteiger partial charge < -0.3 is 9.84 Å². The maximum absolute atomic E-state index is 12.1. The molecule has 116 valence electrons. The van der Waals surface area contributed by atoms with Crippen molar-refractivity contribution in [3.8, 4) is 0 Å². The molecule has 1 atom stereocenters. The maximum Gasteiger partial charge on any atom is 0.410 e. The van der Waals surface area contributed by atoms with Gasteiger partial charge in [-0.2, -0.15) is 0 Å². The SMILES string of the molecule is [2H]CN(C(=O)OC(C)(C)C)[C@@H](Cc1ccc(I)cc1)C(=O)O. The largest absolute Gasteiger partial charge is 0.480 e. The highest BCUT2D eigenvalue weighted by Crippen LogP contribution is 2.15. The third kappa shape index (κ3) is 5.91. The molecule has 1 aromatic carbocycles. The van der Waals surface area contributed by atoms with Crippen molar-refractivity contribution in [3.05, 3.63) is 33.4 Å². The van der Waals surface area contributed by atoms with E-state index >= 15 is 0 Å². The minimum Gasteiger partial charge on any atom is -0.480 e. The molecule has 0 radical (unpaired) electrons. The molecule has 0 aliphatic carbocycles. The fourth-order valence-corrected chi connectivity index (χ4v) is 1.98. The molecule has 0 aliphatic rings. The molecule has 1 aromatic rings. The second-order valence-corrected chi connectivity index (χ2v) is 6.88. The summed E-state index contributed by atoms with van der Waals surface area (Å²) in [6, 6.07) is 6.23. The third-order valence-corrected chi connectivity index (χ3v) is 3.35. The average Bonchev–Trinajstić information content (AvgIpc) is 2.38. The van der Waals surface area contributed by atoms with Gasteiger partial charge in [0, 0.05) is 18.4 Å². The molecule has 1 N–H and O–H groups in total. The van der Waals surface area contributed by atoms with Crippen molar-refractivity contribution in [3.63, 3.8) is 0 Å². The smallest absolute Gasteiger partial charge is 0.410 e. The van der Waals surface area contributed by atoms with Gasteiger partial charge in [0.15, 0.2) is 0 Å². The standard InChI is InChI=1S/C15H20INO4/c1-15(2,3)21-14(20)17(4)12(13(18)19)9-10-5-7-11(16)8-6-10/h5-8,12H,9H2,1-4H3,(H,18,19)/t12-/m0/s1/i4D. The van der Waals surface area contributed by atoms with Gasteiger partial charge in [-0.25, -0.2) is 9.59 Å². The monoisotopic (exact) mass is 406 g/mol. The number of ether oxygens (including phenoxy) is 1. The van der Waals surface area contributed by atoms with Crippen LogP contribution in [0.1, 0.15) is 27.7 Å². The molecule has 0 spiro atoms. The predicted octanol–water partition coefficient (Wildman–Crippen LogP) is 3.15. The van der Waals surface area contributed by atoms with Crippen LogP contribution in [0.25, 0.3) is 0 Å². The summed E-state index contributed by atoms with van der Waals surface area (Å²) in [5.41, 5.74) is 0.0472. The van der Waals surface area contributed by atoms with Crippen LogP contribution in [0.2, 0.25) is 0 Å². The van der Waals surface area contributed by atoms with Crippen LogP contribution in [0.5, 0.6) is 0 Å². The summed E-state index contributed by atoms with van der Waals surface area (Å²) in [6.07, 6.45) is -0.662. The second-order valence-electron chi connectivity index (χ2n) is 5.63. The lowest BCUT2D eigenvalue weighted by Gasteiger charge is -2.28. The number of carbonyl (C=O) groups excluding carboxylic acids is 1. The van der Waals surface area contributed by atoms with Gasteiger partial charge in [-0.15, -0.1) is 0 Å². The molecule has 0 saturated carbocycles. The number of rotatable bonds is 4. The molecule has 0 unspecified atom stereocenters. The minimum absolute atomic E-state index is 0.129.